The molecule has 18 N–H and O–H groups in total. The zero-order chi connectivity index (χ0) is 60.2. The second-order valence-electron chi connectivity index (χ2n) is 18.3. The molecule has 15 rings (SSSR count). The van der Waals surface area contributed by atoms with Crippen molar-refractivity contribution in [3.05, 3.63) is 285 Å². The molecule has 0 bridgehead atoms. The molecule has 0 aliphatic heterocycles. The first kappa shape index (κ1) is 86.4. The molecule has 0 aliphatic carbocycles. The van der Waals surface area contributed by atoms with Crippen LogP contribution in [0.5, 0.6) is 17.2 Å². The Labute approximate surface area is 566 Å². The standard InChI is InChI=1S/4C12H8N2.3C7H6O3.2Cu.8H2O/c4*1-3-9-5-6-10-4-2-8-14-12(10)11(9)13-7-1;3*8-6-3-1-5(2-4-6)7(9)10;;;;;;;;;;/h4*1-8H;3*1-4,8H,(H,9,10);;;8*1H2/q;;;;;;;2*+2;;;;;;;;/p-4. The van der Waals surface area contributed by atoms with E-state index < -0.39 is 17.9 Å². The van der Waals surface area contributed by atoms with Gasteiger partial charge < -0.3 is 79.2 Å². The van der Waals surface area contributed by atoms with Crippen LogP contribution in [0.3, 0.4) is 0 Å². The van der Waals surface area contributed by atoms with E-state index in [1.165, 1.54) is 72.8 Å². The van der Waals surface area contributed by atoms with Crippen molar-refractivity contribution in [3.8, 4) is 17.2 Å². The molecule has 0 spiro atoms. The molecule has 0 amide bonds. The fourth-order valence-corrected chi connectivity index (χ4v) is 8.51. The van der Waals surface area contributed by atoms with E-state index in [1.807, 2.05) is 48.5 Å². The molecule has 8 heterocycles. The maximum Gasteiger partial charge on any atom is 2.00 e. The molecule has 15 aromatic rings. The zero-order valence-electron chi connectivity index (χ0n) is 49.8. The third-order valence-corrected chi connectivity index (χ3v) is 12.7. The Bertz CT molecular complexity index is 4050. The Kier molecular flexibility index (Phi) is 38.2. The van der Waals surface area contributed by atoms with Crippen LogP contribution in [0.15, 0.2) is 268 Å². The molecule has 25 nitrogen and oxygen atoms in total. The predicted molar refractivity (Wildman–Crippen MR) is 353 cm³/mol. The summed E-state index contributed by atoms with van der Waals surface area (Å²) in [6.07, 6.45) is 14.4. The molecule has 0 fully saturated rings. The van der Waals surface area contributed by atoms with Crippen LogP contribution in [-0.4, -0.2) is 112 Å². The van der Waals surface area contributed by atoms with E-state index in [2.05, 4.69) is 137 Å². The van der Waals surface area contributed by atoms with Crippen molar-refractivity contribution in [1.29, 1.82) is 0 Å². The van der Waals surface area contributed by atoms with Crippen molar-refractivity contribution in [3.63, 3.8) is 0 Å². The van der Waals surface area contributed by atoms with Gasteiger partial charge >= 0.3 is 46.1 Å². The average molecular weight is 1400 g/mol. The van der Waals surface area contributed by atoms with Crippen LogP contribution in [-0.2, 0) is 34.1 Å². The number of carboxylic acid groups (broad SMARTS) is 3. The number of nitrogens with zero attached hydrogens (tertiary/aromatic N) is 8. The molecule has 27 heteroatoms. The molecule has 96 heavy (non-hydrogen) atoms. The van der Waals surface area contributed by atoms with Gasteiger partial charge in [0, 0.05) is 92.7 Å². The average Bonchev–Trinajstić information content (AvgIpc) is 0.828. The number of hydrogen-bond donors (Lipinski definition) is 2. The number of carbonyl (C=O) groups is 3. The third-order valence-electron chi connectivity index (χ3n) is 12.7. The Balaban J connectivity index is 0. The van der Waals surface area contributed by atoms with E-state index >= 15 is 0 Å². The van der Waals surface area contributed by atoms with Crippen LogP contribution in [0.4, 0.5) is 0 Å². The van der Waals surface area contributed by atoms with Crippen molar-refractivity contribution >= 4 is 105 Å². The smallest absolute Gasteiger partial charge is 0.872 e. The topological polar surface area (TPSA) is 539 Å². The summed E-state index contributed by atoms with van der Waals surface area (Å²) in [5.74, 6) is -3.85. The van der Waals surface area contributed by atoms with Gasteiger partial charge in [-0.05, 0) is 78.4 Å². The van der Waals surface area contributed by atoms with E-state index in [-0.39, 0.29) is 112 Å². The molecule has 0 aliphatic rings. The fraction of sp³-hybridized carbons (Fsp3) is 0. The number of carbonyl (C=O) groups excluding carboxylic acids is 1. The van der Waals surface area contributed by atoms with Gasteiger partial charge in [0.25, 0.3) is 0 Å². The summed E-state index contributed by atoms with van der Waals surface area (Å²) >= 11 is 0. The SMILES string of the molecule is O.O.O.O.O.O.O.O.O=C(O)c1ccc([O-])cc1.O=C(O)c1ccc([O-])cc1.O=C([O-])c1ccc([O-])cc1.[Cu+2].[Cu+2].c1cnc2c(c1)ccc1cccnc12.c1cnc2c(c1)ccc1cccnc12.c1cnc2c(c1)ccc1cccnc12.c1cnc2c(c1)ccc1cccnc12. The van der Waals surface area contributed by atoms with Gasteiger partial charge in [-0.15, -0.1) is 17.2 Å². The van der Waals surface area contributed by atoms with Crippen LogP contribution in [0.2, 0.25) is 0 Å². The summed E-state index contributed by atoms with van der Waals surface area (Å²) in [6, 6.07) is 63.4. The van der Waals surface area contributed by atoms with E-state index in [4.69, 9.17) is 10.2 Å². The number of aromatic nitrogens is 8. The van der Waals surface area contributed by atoms with Crippen LogP contribution >= 0.6 is 0 Å². The summed E-state index contributed by atoms with van der Waals surface area (Å²) in [6.45, 7) is 0. The third kappa shape index (κ3) is 22.9. The molecule has 7 aromatic carbocycles. The Morgan fingerprint density at radius 2 is 0.385 bits per heavy atom. The van der Waals surface area contributed by atoms with E-state index in [9.17, 15) is 34.8 Å². The summed E-state index contributed by atoms with van der Waals surface area (Å²) in [7, 11) is 0. The number of aromatic carboxylic acids is 3. The van der Waals surface area contributed by atoms with E-state index in [1.54, 1.807) is 49.6 Å². The normalized spacial score (nSPS) is 9.21. The summed E-state index contributed by atoms with van der Waals surface area (Å²) in [5, 5.41) is 67.3. The molecule has 502 valence electrons. The first-order chi connectivity index (χ1) is 41.9. The minimum atomic E-state index is -1.26. The maximum absolute atomic E-state index is 10.5. The summed E-state index contributed by atoms with van der Waals surface area (Å²) in [4.78, 5) is 65.3. The van der Waals surface area contributed by atoms with Gasteiger partial charge in [0.2, 0.25) is 0 Å². The van der Waals surface area contributed by atoms with Crippen molar-refractivity contribution < 1.29 is 123 Å². The van der Waals surface area contributed by atoms with Crippen LogP contribution < -0.4 is 20.4 Å². The van der Waals surface area contributed by atoms with Gasteiger partial charge in [-0.3, -0.25) is 39.9 Å². The number of carboxylic acids is 3. The zero-order valence-corrected chi connectivity index (χ0v) is 51.7. The molecule has 0 unspecified atom stereocenters. The van der Waals surface area contributed by atoms with Crippen LogP contribution in [0.1, 0.15) is 31.1 Å². The van der Waals surface area contributed by atoms with Crippen LogP contribution in [0, 0.1) is 0 Å². The van der Waals surface area contributed by atoms with E-state index in [0.717, 1.165) is 87.2 Å². The fourth-order valence-electron chi connectivity index (χ4n) is 8.51. The predicted octanol–water partition coefficient (Wildman–Crippen LogP) is 4.57. The van der Waals surface area contributed by atoms with Crippen molar-refractivity contribution in [1.82, 2.24) is 39.9 Å². The number of fused-ring (bicyclic) bond motifs is 12. The van der Waals surface area contributed by atoms with Gasteiger partial charge in [0.1, 0.15) is 0 Å². The van der Waals surface area contributed by atoms with E-state index in [0.29, 0.717) is 0 Å². The summed E-state index contributed by atoms with van der Waals surface area (Å²) in [5.41, 5.74) is 8.12. The molecule has 0 saturated heterocycles. The first-order valence-electron chi connectivity index (χ1n) is 26.2. The monoisotopic (exact) mass is 1400 g/mol. The Hall–Kier alpha value is -11.7. The molecule has 0 saturated carbocycles. The number of pyridine rings is 8. The second kappa shape index (κ2) is 42.5. The maximum atomic E-state index is 10.5. The van der Waals surface area contributed by atoms with Crippen molar-refractivity contribution in [2.24, 2.45) is 0 Å². The van der Waals surface area contributed by atoms with Gasteiger partial charge in [-0.1, -0.05) is 146 Å². The molecular formula is C69H62Cu2N8O17. The summed E-state index contributed by atoms with van der Waals surface area (Å²) < 4.78 is 0. The molecule has 0 atom stereocenters. The number of rotatable bonds is 3. The van der Waals surface area contributed by atoms with Gasteiger partial charge in [0.15, 0.2) is 0 Å². The quantitative estimate of drug-likeness (QED) is 0.181. The number of benzene rings is 7. The van der Waals surface area contributed by atoms with Gasteiger partial charge in [-0.25, -0.2) is 9.59 Å². The molecule has 2 radical (unpaired) electrons. The first-order valence-corrected chi connectivity index (χ1v) is 26.2. The van der Waals surface area contributed by atoms with Crippen molar-refractivity contribution in [2.45, 2.75) is 0 Å². The van der Waals surface area contributed by atoms with Gasteiger partial charge in [0.05, 0.1) is 61.2 Å². The second-order valence-corrected chi connectivity index (χ2v) is 18.3. The van der Waals surface area contributed by atoms with Gasteiger partial charge in [-0.2, -0.15) is 0 Å². The largest absolute Gasteiger partial charge is 2.00 e. The Morgan fingerprint density at radius 3 is 0.521 bits per heavy atom. The minimum Gasteiger partial charge on any atom is -0.872 e. The molecule has 8 aromatic heterocycles. The Morgan fingerprint density at radius 1 is 0.240 bits per heavy atom. The number of hydrogen-bond acceptors (Lipinski definition) is 15. The minimum absolute atomic E-state index is 0. The molecular weight excluding hydrogens is 1340 g/mol. The van der Waals surface area contributed by atoms with Crippen molar-refractivity contribution in [2.75, 3.05) is 0 Å². The van der Waals surface area contributed by atoms with Crippen LogP contribution in [0.25, 0.3) is 87.2 Å².